The van der Waals surface area contributed by atoms with Gasteiger partial charge in [0.2, 0.25) is 0 Å². The zero-order chi connectivity index (χ0) is 15.2. The quantitative estimate of drug-likeness (QED) is 0.606. The second kappa shape index (κ2) is 7.24. The summed E-state index contributed by atoms with van der Waals surface area (Å²) in [5.41, 5.74) is 2.18. The monoisotopic (exact) mass is 294 g/mol. The number of Topliss-reactive ketones (excluding diaryl/α,β-unsaturated/α-hetero) is 1. The van der Waals surface area contributed by atoms with Gasteiger partial charge in [-0.1, -0.05) is 6.42 Å². The van der Waals surface area contributed by atoms with Crippen molar-refractivity contribution in [1.82, 2.24) is 10.2 Å². The van der Waals surface area contributed by atoms with Crippen LogP contribution in [0, 0.1) is 5.92 Å². The standard InChI is InChI=1S/C8H12O3.C7H10N2O/c1-11-8(10)6-4-2-3-5-7(6)9;10-7-5-3-1-2-4-6(5)8-9-7/h6H,2-5H2,1H3;1-4H2,(H2,8,9,10). The molecular formula is C15H22N2O4. The van der Waals surface area contributed by atoms with E-state index in [2.05, 4.69) is 14.9 Å². The van der Waals surface area contributed by atoms with Crippen molar-refractivity contribution < 1.29 is 14.3 Å². The number of carbonyl (C=O) groups excluding carboxylic acids is 2. The van der Waals surface area contributed by atoms with E-state index in [-0.39, 0.29) is 17.3 Å². The number of methoxy groups -OCH3 is 1. The van der Waals surface area contributed by atoms with Crippen molar-refractivity contribution in [2.75, 3.05) is 7.11 Å². The predicted octanol–water partition coefficient (Wildman–Crippen LogP) is 1.50. The van der Waals surface area contributed by atoms with Crippen LogP contribution in [-0.4, -0.2) is 29.1 Å². The van der Waals surface area contributed by atoms with Gasteiger partial charge in [-0.05, 0) is 38.5 Å². The first-order chi connectivity index (χ1) is 10.1. The van der Waals surface area contributed by atoms with E-state index in [1.54, 1.807) is 0 Å². The number of ketones is 1. The first-order valence-electron chi connectivity index (χ1n) is 7.52. The smallest absolute Gasteiger partial charge is 0.316 e. The van der Waals surface area contributed by atoms with Crippen LogP contribution in [0.3, 0.4) is 0 Å². The van der Waals surface area contributed by atoms with Crippen LogP contribution in [0.25, 0.3) is 0 Å². The number of hydrogen-bond donors (Lipinski definition) is 2. The van der Waals surface area contributed by atoms with Crippen molar-refractivity contribution in [3.8, 4) is 0 Å². The average Bonchev–Trinajstić information content (AvgIpc) is 2.90. The Morgan fingerprint density at radius 2 is 1.76 bits per heavy atom. The highest BCUT2D eigenvalue weighted by molar-refractivity contribution is 5.99. The fourth-order valence-electron chi connectivity index (χ4n) is 2.88. The Labute approximate surface area is 123 Å². The summed E-state index contributed by atoms with van der Waals surface area (Å²) in [5.74, 6) is -0.786. The second-order valence-corrected chi connectivity index (χ2v) is 5.53. The van der Waals surface area contributed by atoms with E-state index in [0.717, 1.165) is 43.4 Å². The Morgan fingerprint density at radius 1 is 1.05 bits per heavy atom. The second-order valence-electron chi connectivity index (χ2n) is 5.53. The van der Waals surface area contributed by atoms with Crippen LogP contribution in [0.15, 0.2) is 4.79 Å². The maximum atomic E-state index is 11.1. The van der Waals surface area contributed by atoms with Gasteiger partial charge in [0, 0.05) is 17.7 Å². The number of carbonyl (C=O) groups is 2. The van der Waals surface area contributed by atoms with Crippen molar-refractivity contribution >= 4 is 11.8 Å². The van der Waals surface area contributed by atoms with Crippen molar-refractivity contribution in [3.63, 3.8) is 0 Å². The van der Waals surface area contributed by atoms with Crippen LogP contribution in [0.1, 0.15) is 49.8 Å². The van der Waals surface area contributed by atoms with E-state index in [4.69, 9.17) is 0 Å². The van der Waals surface area contributed by atoms with Crippen LogP contribution >= 0.6 is 0 Å². The number of H-pyrrole nitrogens is 2. The van der Waals surface area contributed by atoms with E-state index in [0.29, 0.717) is 12.8 Å². The minimum atomic E-state index is -0.464. The molecule has 0 aromatic carbocycles. The fraction of sp³-hybridized carbons (Fsp3) is 0.667. The number of aryl methyl sites for hydroxylation is 1. The lowest BCUT2D eigenvalue weighted by Gasteiger charge is -2.17. The Morgan fingerprint density at radius 3 is 2.43 bits per heavy atom. The van der Waals surface area contributed by atoms with Crippen LogP contribution < -0.4 is 5.56 Å². The van der Waals surface area contributed by atoms with Gasteiger partial charge in [-0.3, -0.25) is 19.5 Å². The molecule has 2 aliphatic carbocycles. The third-order valence-corrected chi connectivity index (χ3v) is 4.11. The summed E-state index contributed by atoms with van der Waals surface area (Å²) in [7, 11) is 1.32. The lowest BCUT2D eigenvalue weighted by atomic mass is 9.88. The molecule has 0 aliphatic heterocycles. The lowest BCUT2D eigenvalue weighted by molar-refractivity contribution is -0.150. The number of nitrogens with one attached hydrogen (secondary N) is 2. The van der Waals surface area contributed by atoms with Gasteiger partial charge in [-0.15, -0.1) is 0 Å². The van der Waals surface area contributed by atoms with Crippen LogP contribution in [-0.2, 0) is 27.2 Å². The molecule has 1 saturated carbocycles. The van der Waals surface area contributed by atoms with Gasteiger partial charge >= 0.3 is 5.97 Å². The number of aromatic nitrogens is 2. The van der Waals surface area contributed by atoms with E-state index >= 15 is 0 Å². The number of fused-ring (bicyclic) bond motifs is 1. The van der Waals surface area contributed by atoms with Gasteiger partial charge in [0.1, 0.15) is 11.7 Å². The van der Waals surface area contributed by atoms with Crippen LogP contribution in [0.5, 0.6) is 0 Å². The maximum absolute atomic E-state index is 11.1. The van der Waals surface area contributed by atoms with Crippen molar-refractivity contribution in [3.05, 3.63) is 21.6 Å². The summed E-state index contributed by atoms with van der Waals surface area (Å²) < 4.78 is 4.50. The molecule has 1 aromatic rings. The molecule has 0 spiro atoms. The number of aromatic amines is 2. The van der Waals surface area contributed by atoms with Crippen molar-refractivity contribution in [2.24, 2.45) is 5.92 Å². The number of rotatable bonds is 1. The molecule has 1 atom stereocenters. The van der Waals surface area contributed by atoms with Crippen LogP contribution in [0.2, 0.25) is 0 Å². The summed E-state index contributed by atoms with van der Waals surface area (Å²) in [6.07, 6.45) is 7.46. The Kier molecular flexibility index (Phi) is 5.36. The largest absolute Gasteiger partial charge is 0.468 e. The molecule has 0 saturated heterocycles. The lowest BCUT2D eigenvalue weighted by Crippen LogP contribution is -2.27. The van der Waals surface area contributed by atoms with E-state index in [1.807, 2.05) is 0 Å². The minimum absolute atomic E-state index is 0.0445. The summed E-state index contributed by atoms with van der Waals surface area (Å²) in [4.78, 5) is 33.0. The highest BCUT2D eigenvalue weighted by atomic mass is 16.5. The molecule has 1 heterocycles. The number of esters is 1. The molecule has 6 nitrogen and oxygen atoms in total. The molecule has 3 rings (SSSR count). The van der Waals surface area contributed by atoms with Crippen molar-refractivity contribution in [2.45, 2.75) is 51.4 Å². The molecule has 1 unspecified atom stereocenters. The zero-order valence-corrected chi connectivity index (χ0v) is 12.4. The summed E-state index contributed by atoms with van der Waals surface area (Å²) >= 11 is 0. The molecule has 1 aromatic heterocycles. The summed E-state index contributed by atoms with van der Waals surface area (Å²) in [6, 6.07) is 0. The molecule has 2 aliphatic rings. The topological polar surface area (TPSA) is 92.0 Å². The zero-order valence-electron chi connectivity index (χ0n) is 12.4. The third-order valence-electron chi connectivity index (χ3n) is 4.11. The fourth-order valence-corrected chi connectivity index (χ4v) is 2.88. The first kappa shape index (κ1) is 15.5. The molecule has 2 N–H and O–H groups in total. The van der Waals surface area contributed by atoms with E-state index in [1.165, 1.54) is 13.5 Å². The number of ether oxygens (including phenoxy) is 1. The van der Waals surface area contributed by atoms with Gasteiger partial charge in [0.15, 0.2) is 0 Å². The first-order valence-corrected chi connectivity index (χ1v) is 7.52. The summed E-state index contributed by atoms with van der Waals surface area (Å²) in [5, 5.41) is 5.49. The Balaban J connectivity index is 0.000000154. The Bertz CT molecular complexity index is 550. The molecule has 1 fully saturated rings. The van der Waals surface area contributed by atoms with E-state index < -0.39 is 5.92 Å². The predicted molar refractivity (Wildman–Crippen MR) is 77.0 cm³/mol. The highest BCUT2D eigenvalue weighted by Crippen LogP contribution is 2.21. The minimum Gasteiger partial charge on any atom is -0.468 e. The van der Waals surface area contributed by atoms with Gasteiger partial charge in [0.05, 0.1) is 7.11 Å². The van der Waals surface area contributed by atoms with Crippen LogP contribution in [0.4, 0.5) is 0 Å². The number of hydrogen-bond acceptors (Lipinski definition) is 4. The summed E-state index contributed by atoms with van der Waals surface area (Å²) in [6.45, 7) is 0. The molecule has 0 bridgehead atoms. The average molecular weight is 294 g/mol. The van der Waals surface area contributed by atoms with E-state index in [9.17, 15) is 14.4 Å². The van der Waals surface area contributed by atoms with Gasteiger partial charge in [-0.25, -0.2) is 0 Å². The molecule has 21 heavy (non-hydrogen) atoms. The third kappa shape index (κ3) is 3.83. The molecular weight excluding hydrogens is 272 g/mol. The SMILES string of the molecule is COC(=O)C1CCCCC1=O.O=c1[nH][nH]c2c1CCCC2. The highest BCUT2D eigenvalue weighted by Gasteiger charge is 2.29. The molecule has 116 valence electrons. The maximum Gasteiger partial charge on any atom is 0.316 e. The van der Waals surface area contributed by atoms with Crippen molar-refractivity contribution in [1.29, 1.82) is 0 Å². The normalized spacial score (nSPS) is 21.0. The molecule has 0 amide bonds. The van der Waals surface area contributed by atoms with Gasteiger partial charge in [-0.2, -0.15) is 0 Å². The van der Waals surface area contributed by atoms with Gasteiger partial charge < -0.3 is 9.84 Å². The Hall–Kier alpha value is -1.85. The van der Waals surface area contributed by atoms with Gasteiger partial charge in [0.25, 0.3) is 5.56 Å². The molecule has 0 radical (unpaired) electrons. The molecule has 6 heteroatoms.